The first-order valence-electron chi connectivity index (χ1n) is 8.74. The van der Waals surface area contributed by atoms with Crippen molar-refractivity contribution in [1.29, 1.82) is 0 Å². The van der Waals surface area contributed by atoms with Crippen LogP contribution in [-0.2, 0) is 4.74 Å². The van der Waals surface area contributed by atoms with Gasteiger partial charge in [0.05, 0.1) is 19.8 Å². The zero-order chi connectivity index (χ0) is 17.2. The Bertz CT molecular complexity index is 528. The van der Waals surface area contributed by atoms with Crippen molar-refractivity contribution >= 4 is 11.6 Å². The molecule has 0 aliphatic carbocycles. The van der Waals surface area contributed by atoms with Gasteiger partial charge in [-0.2, -0.15) is 0 Å². The molecule has 1 aliphatic heterocycles. The van der Waals surface area contributed by atoms with Crippen LogP contribution in [-0.4, -0.2) is 45.5 Å². The van der Waals surface area contributed by atoms with Gasteiger partial charge in [-0.3, -0.25) is 4.99 Å². The zero-order valence-electron chi connectivity index (χ0n) is 14.9. The minimum absolute atomic E-state index is 0.363. The zero-order valence-corrected chi connectivity index (χ0v) is 14.9. The van der Waals surface area contributed by atoms with E-state index in [1.165, 1.54) is 6.42 Å². The number of aliphatic imine (C=N–C) groups is 1. The molecule has 1 saturated heterocycles. The summed E-state index contributed by atoms with van der Waals surface area (Å²) in [5.74, 6) is 2.21. The maximum absolute atomic E-state index is 5.64. The first kappa shape index (κ1) is 18.4. The molecule has 1 unspecified atom stereocenters. The van der Waals surface area contributed by atoms with Gasteiger partial charge in [0.25, 0.3) is 0 Å². The molecule has 0 aromatic heterocycles. The molecule has 1 aromatic carbocycles. The second kappa shape index (κ2) is 10.0. The predicted octanol–water partition coefficient (Wildman–Crippen LogP) is 3.04. The van der Waals surface area contributed by atoms with Crippen LogP contribution >= 0.6 is 0 Å². The third-order valence-electron chi connectivity index (χ3n) is 3.82. The smallest absolute Gasteiger partial charge is 0.195 e. The Kier molecular flexibility index (Phi) is 7.68. The highest BCUT2D eigenvalue weighted by Gasteiger charge is 2.14. The molecule has 6 heteroatoms. The van der Waals surface area contributed by atoms with E-state index in [0.29, 0.717) is 12.7 Å². The number of rotatable bonds is 8. The Balaban J connectivity index is 1.98. The van der Waals surface area contributed by atoms with Crippen LogP contribution in [0.2, 0.25) is 0 Å². The maximum Gasteiger partial charge on any atom is 0.195 e. The van der Waals surface area contributed by atoms with E-state index in [1.807, 2.05) is 25.1 Å². The van der Waals surface area contributed by atoms with Gasteiger partial charge in [0.1, 0.15) is 0 Å². The quantitative estimate of drug-likeness (QED) is 0.565. The third-order valence-corrected chi connectivity index (χ3v) is 3.82. The van der Waals surface area contributed by atoms with Crippen LogP contribution in [0, 0.1) is 0 Å². The van der Waals surface area contributed by atoms with E-state index in [1.54, 1.807) is 7.11 Å². The summed E-state index contributed by atoms with van der Waals surface area (Å²) in [7, 11) is 1.64. The second-order valence-electron chi connectivity index (χ2n) is 5.61. The molecule has 0 amide bonds. The summed E-state index contributed by atoms with van der Waals surface area (Å²) >= 11 is 0. The fourth-order valence-corrected chi connectivity index (χ4v) is 2.66. The van der Waals surface area contributed by atoms with E-state index in [2.05, 4.69) is 22.5 Å². The number of benzene rings is 1. The van der Waals surface area contributed by atoms with Crippen molar-refractivity contribution < 1.29 is 14.2 Å². The second-order valence-corrected chi connectivity index (χ2v) is 5.61. The summed E-state index contributed by atoms with van der Waals surface area (Å²) in [6.45, 7) is 7.04. The van der Waals surface area contributed by atoms with E-state index in [9.17, 15) is 0 Å². The van der Waals surface area contributed by atoms with Crippen LogP contribution in [0.5, 0.6) is 11.5 Å². The molecule has 1 atom stereocenters. The Morgan fingerprint density at radius 1 is 1.33 bits per heavy atom. The van der Waals surface area contributed by atoms with Crippen LogP contribution < -0.4 is 20.1 Å². The summed E-state index contributed by atoms with van der Waals surface area (Å²) in [4.78, 5) is 4.63. The molecule has 1 aliphatic rings. The minimum Gasteiger partial charge on any atom is -0.493 e. The standard InChI is InChI=1S/C18H29N3O3/c1-4-19-18(20-11-10-15-7-6-12-24-15)21-14-8-9-16(22-3)17(13-14)23-5-2/h8-9,13,15H,4-7,10-12H2,1-3H3,(H2,19,20,21). The lowest BCUT2D eigenvalue weighted by Crippen LogP contribution is -2.31. The van der Waals surface area contributed by atoms with Gasteiger partial charge in [-0.25, -0.2) is 0 Å². The Labute approximate surface area is 144 Å². The fraction of sp³-hybridized carbons (Fsp3) is 0.611. The van der Waals surface area contributed by atoms with Crippen molar-refractivity contribution in [3.63, 3.8) is 0 Å². The summed E-state index contributed by atoms with van der Waals surface area (Å²) in [5.41, 5.74) is 0.913. The van der Waals surface area contributed by atoms with Gasteiger partial charge in [0.15, 0.2) is 17.5 Å². The topological polar surface area (TPSA) is 64.1 Å². The van der Waals surface area contributed by atoms with Crippen LogP contribution in [0.1, 0.15) is 33.1 Å². The lowest BCUT2D eigenvalue weighted by atomic mass is 10.2. The van der Waals surface area contributed by atoms with Crippen molar-refractivity contribution in [3.05, 3.63) is 18.2 Å². The maximum atomic E-state index is 5.64. The van der Waals surface area contributed by atoms with Crippen molar-refractivity contribution in [2.24, 2.45) is 4.99 Å². The lowest BCUT2D eigenvalue weighted by molar-refractivity contribution is 0.106. The predicted molar refractivity (Wildman–Crippen MR) is 97.4 cm³/mol. The molecule has 2 N–H and O–H groups in total. The minimum atomic E-state index is 0.363. The molecule has 1 aromatic rings. The molecule has 0 spiro atoms. The van der Waals surface area contributed by atoms with Crippen LogP contribution in [0.3, 0.4) is 0 Å². The Morgan fingerprint density at radius 3 is 2.88 bits per heavy atom. The molecule has 6 nitrogen and oxygen atoms in total. The van der Waals surface area contributed by atoms with Gasteiger partial charge < -0.3 is 24.8 Å². The first-order valence-corrected chi connectivity index (χ1v) is 8.74. The first-order chi connectivity index (χ1) is 11.8. The number of hydrogen-bond donors (Lipinski definition) is 2. The van der Waals surface area contributed by atoms with Crippen molar-refractivity contribution in [3.8, 4) is 11.5 Å². The van der Waals surface area contributed by atoms with Gasteiger partial charge in [-0.15, -0.1) is 0 Å². The van der Waals surface area contributed by atoms with Crippen molar-refractivity contribution in [1.82, 2.24) is 5.32 Å². The van der Waals surface area contributed by atoms with Crippen molar-refractivity contribution in [2.75, 3.05) is 38.7 Å². The van der Waals surface area contributed by atoms with Gasteiger partial charge in [-0.1, -0.05) is 0 Å². The van der Waals surface area contributed by atoms with E-state index >= 15 is 0 Å². The highest BCUT2D eigenvalue weighted by molar-refractivity contribution is 5.93. The van der Waals surface area contributed by atoms with Gasteiger partial charge in [0, 0.05) is 31.5 Å². The van der Waals surface area contributed by atoms with Gasteiger partial charge in [0.2, 0.25) is 0 Å². The van der Waals surface area contributed by atoms with Crippen LogP contribution in [0.25, 0.3) is 0 Å². The molecule has 0 radical (unpaired) electrons. The number of guanidine groups is 1. The molecule has 2 rings (SSSR count). The number of methoxy groups -OCH3 is 1. The van der Waals surface area contributed by atoms with Gasteiger partial charge >= 0.3 is 0 Å². The lowest BCUT2D eigenvalue weighted by Gasteiger charge is -2.15. The summed E-state index contributed by atoms with van der Waals surface area (Å²) in [5, 5.41) is 6.58. The van der Waals surface area contributed by atoms with Gasteiger partial charge in [-0.05, 0) is 45.2 Å². The Hall–Kier alpha value is -1.95. The Morgan fingerprint density at radius 2 is 2.21 bits per heavy atom. The van der Waals surface area contributed by atoms with E-state index in [0.717, 1.165) is 55.7 Å². The fourth-order valence-electron chi connectivity index (χ4n) is 2.66. The van der Waals surface area contributed by atoms with Crippen LogP contribution in [0.15, 0.2) is 23.2 Å². The largest absolute Gasteiger partial charge is 0.493 e. The highest BCUT2D eigenvalue weighted by atomic mass is 16.5. The van der Waals surface area contributed by atoms with E-state index in [-0.39, 0.29) is 0 Å². The molecule has 1 fully saturated rings. The normalized spacial score (nSPS) is 17.6. The summed E-state index contributed by atoms with van der Waals surface area (Å²) < 4.78 is 16.6. The molecular weight excluding hydrogens is 306 g/mol. The SMILES string of the molecule is CCNC(=NCCC1CCCO1)Nc1ccc(OC)c(OCC)c1. The number of nitrogens with zero attached hydrogens (tertiary/aromatic N) is 1. The number of ether oxygens (including phenoxy) is 3. The van der Waals surface area contributed by atoms with E-state index in [4.69, 9.17) is 14.2 Å². The molecule has 24 heavy (non-hydrogen) atoms. The van der Waals surface area contributed by atoms with Crippen LogP contribution in [0.4, 0.5) is 5.69 Å². The van der Waals surface area contributed by atoms with Crippen molar-refractivity contribution in [2.45, 2.75) is 39.2 Å². The number of anilines is 1. The monoisotopic (exact) mass is 335 g/mol. The van der Waals surface area contributed by atoms with E-state index < -0.39 is 0 Å². The number of nitrogens with one attached hydrogen (secondary N) is 2. The molecule has 0 bridgehead atoms. The average molecular weight is 335 g/mol. The molecule has 0 saturated carbocycles. The number of hydrogen-bond acceptors (Lipinski definition) is 4. The molecule has 1 heterocycles. The summed E-state index contributed by atoms with van der Waals surface area (Å²) in [6, 6.07) is 5.77. The third kappa shape index (κ3) is 5.60. The molecular formula is C18H29N3O3. The average Bonchev–Trinajstić information content (AvgIpc) is 3.09. The summed E-state index contributed by atoms with van der Waals surface area (Å²) in [6.07, 6.45) is 3.64. The highest BCUT2D eigenvalue weighted by Crippen LogP contribution is 2.30. The molecule has 134 valence electrons.